The minimum absolute atomic E-state index is 0.589. The second-order valence-corrected chi connectivity index (χ2v) is 4.76. The van der Waals surface area contributed by atoms with Gasteiger partial charge in [0.1, 0.15) is 0 Å². The Labute approximate surface area is 86.8 Å². The quantitative estimate of drug-likeness (QED) is 0.620. The zero-order chi connectivity index (χ0) is 10.1. The van der Waals surface area contributed by atoms with Crippen molar-refractivity contribution in [2.45, 2.75) is 38.9 Å². The van der Waals surface area contributed by atoms with Gasteiger partial charge in [0.05, 0.1) is 13.2 Å². The van der Waals surface area contributed by atoms with E-state index in [9.17, 15) is 0 Å². The summed E-state index contributed by atoms with van der Waals surface area (Å²) in [5, 5.41) is 3.60. The van der Waals surface area contributed by atoms with Gasteiger partial charge in [-0.2, -0.15) is 0 Å². The van der Waals surface area contributed by atoms with Crippen molar-refractivity contribution >= 4 is 0 Å². The summed E-state index contributed by atoms with van der Waals surface area (Å²) in [6.07, 6.45) is 0. The van der Waals surface area contributed by atoms with Gasteiger partial charge in [-0.05, 0) is 19.8 Å². The van der Waals surface area contributed by atoms with Crippen molar-refractivity contribution in [3.63, 3.8) is 0 Å². The van der Waals surface area contributed by atoms with Crippen LogP contribution >= 0.6 is 0 Å². The number of rotatable bonds is 0. The van der Waals surface area contributed by atoms with E-state index in [0.29, 0.717) is 18.1 Å². The second-order valence-electron chi connectivity index (χ2n) is 4.76. The molecule has 3 heteroatoms. The first-order chi connectivity index (χ1) is 6.70. The lowest BCUT2D eigenvalue weighted by molar-refractivity contribution is -0.0260. The van der Waals surface area contributed by atoms with Crippen LogP contribution in [0.15, 0.2) is 0 Å². The van der Waals surface area contributed by atoms with E-state index in [0.717, 1.165) is 32.2 Å². The maximum absolute atomic E-state index is 5.53. The fourth-order valence-corrected chi connectivity index (χ4v) is 2.61. The molecule has 4 atom stereocenters. The van der Waals surface area contributed by atoms with Crippen LogP contribution in [0.3, 0.4) is 0 Å². The number of ether oxygens (including phenoxy) is 1. The predicted molar refractivity (Wildman–Crippen MR) is 57.4 cm³/mol. The molecule has 0 aromatic carbocycles. The first kappa shape index (κ1) is 10.4. The normalized spacial score (nSPS) is 45.6. The molecule has 0 bridgehead atoms. The van der Waals surface area contributed by atoms with Gasteiger partial charge in [0.25, 0.3) is 0 Å². The Balaban J connectivity index is 2.10. The monoisotopic (exact) mass is 198 g/mol. The molecule has 0 amide bonds. The Kier molecular flexibility index (Phi) is 3.10. The van der Waals surface area contributed by atoms with Crippen molar-refractivity contribution in [1.29, 1.82) is 0 Å². The molecule has 2 fully saturated rings. The van der Waals surface area contributed by atoms with Crippen LogP contribution in [-0.2, 0) is 4.74 Å². The third kappa shape index (κ3) is 1.81. The van der Waals surface area contributed by atoms with Crippen LogP contribution in [0.2, 0.25) is 0 Å². The van der Waals surface area contributed by atoms with Crippen LogP contribution in [0.5, 0.6) is 0 Å². The summed E-state index contributed by atoms with van der Waals surface area (Å²) >= 11 is 0. The molecule has 0 aromatic heterocycles. The van der Waals surface area contributed by atoms with E-state index in [1.807, 2.05) is 0 Å². The van der Waals surface area contributed by atoms with E-state index in [4.69, 9.17) is 4.74 Å². The summed E-state index contributed by atoms with van der Waals surface area (Å²) < 4.78 is 5.53. The molecule has 2 heterocycles. The van der Waals surface area contributed by atoms with Crippen molar-refractivity contribution in [3.8, 4) is 0 Å². The highest BCUT2D eigenvalue weighted by molar-refractivity contribution is 4.91. The predicted octanol–water partition coefficient (Wildman–Crippen LogP) is 0.703. The molecule has 0 radical (unpaired) electrons. The molecule has 1 N–H and O–H groups in total. The largest absolute Gasteiger partial charge is 0.378 e. The number of fused-ring (bicyclic) bond motifs is 1. The van der Waals surface area contributed by atoms with Gasteiger partial charge in [-0.1, -0.05) is 6.92 Å². The molecule has 3 nitrogen and oxygen atoms in total. The number of hydrogen-bond donors (Lipinski definition) is 1. The van der Waals surface area contributed by atoms with Crippen molar-refractivity contribution in [1.82, 2.24) is 10.2 Å². The Morgan fingerprint density at radius 3 is 2.86 bits per heavy atom. The van der Waals surface area contributed by atoms with Crippen LogP contribution in [0.25, 0.3) is 0 Å². The maximum Gasteiger partial charge on any atom is 0.0635 e. The average molecular weight is 198 g/mol. The molecule has 0 saturated carbocycles. The van der Waals surface area contributed by atoms with E-state index in [2.05, 4.69) is 31.0 Å². The summed E-state index contributed by atoms with van der Waals surface area (Å²) in [4.78, 5) is 2.62. The van der Waals surface area contributed by atoms with E-state index in [1.54, 1.807) is 0 Å². The van der Waals surface area contributed by atoms with Crippen LogP contribution in [0, 0.1) is 5.92 Å². The fourth-order valence-electron chi connectivity index (χ4n) is 2.61. The molecule has 2 unspecified atom stereocenters. The molecule has 0 aliphatic carbocycles. The number of nitrogens with one attached hydrogen (secondary N) is 1. The van der Waals surface area contributed by atoms with E-state index in [1.165, 1.54) is 0 Å². The van der Waals surface area contributed by atoms with Crippen LogP contribution < -0.4 is 5.32 Å². The fraction of sp³-hybridized carbons (Fsp3) is 1.00. The van der Waals surface area contributed by atoms with E-state index >= 15 is 0 Å². The summed E-state index contributed by atoms with van der Waals surface area (Å²) in [7, 11) is 0. The Morgan fingerprint density at radius 2 is 2.07 bits per heavy atom. The summed E-state index contributed by atoms with van der Waals surface area (Å²) in [6.45, 7) is 11.0. The highest BCUT2D eigenvalue weighted by atomic mass is 16.5. The smallest absolute Gasteiger partial charge is 0.0635 e. The maximum atomic E-state index is 5.53. The van der Waals surface area contributed by atoms with Gasteiger partial charge in [-0.15, -0.1) is 0 Å². The third-order valence-electron chi connectivity index (χ3n) is 4.02. The first-order valence-electron chi connectivity index (χ1n) is 5.77. The molecule has 82 valence electrons. The standard InChI is InChI=1S/C11H22N2O/c1-8-9(2)12-6-11-7-14-5-4-13(11)10(8)3/h8-12H,4-7H2,1-3H3/t8-,9?,10-,11?/m1/s1. The van der Waals surface area contributed by atoms with Gasteiger partial charge in [0.15, 0.2) is 0 Å². The van der Waals surface area contributed by atoms with Crippen molar-refractivity contribution in [2.24, 2.45) is 5.92 Å². The van der Waals surface area contributed by atoms with Crippen molar-refractivity contribution in [3.05, 3.63) is 0 Å². The summed E-state index contributed by atoms with van der Waals surface area (Å²) in [5.41, 5.74) is 0. The Hall–Kier alpha value is -0.120. The molecule has 0 spiro atoms. The van der Waals surface area contributed by atoms with E-state index < -0.39 is 0 Å². The van der Waals surface area contributed by atoms with Gasteiger partial charge in [0, 0.05) is 31.2 Å². The van der Waals surface area contributed by atoms with Gasteiger partial charge < -0.3 is 10.1 Å². The SMILES string of the molecule is CC1NCC2COCCN2[C@H](C)[C@@H]1C. The van der Waals surface area contributed by atoms with Gasteiger partial charge in [-0.25, -0.2) is 0 Å². The molecule has 14 heavy (non-hydrogen) atoms. The zero-order valence-corrected chi connectivity index (χ0v) is 9.49. The lowest BCUT2D eigenvalue weighted by atomic mass is 9.95. The first-order valence-corrected chi connectivity index (χ1v) is 5.77. The second kappa shape index (κ2) is 4.17. The third-order valence-corrected chi connectivity index (χ3v) is 4.02. The van der Waals surface area contributed by atoms with Gasteiger partial charge in [-0.3, -0.25) is 4.90 Å². The van der Waals surface area contributed by atoms with Gasteiger partial charge >= 0.3 is 0 Å². The van der Waals surface area contributed by atoms with Crippen molar-refractivity contribution < 1.29 is 4.74 Å². The van der Waals surface area contributed by atoms with Crippen molar-refractivity contribution in [2.75, 3.05) is 26.3 Å². The highest BCUT2D eigenvalue weighted by Gasteiger charge is 2.34. The zero-order valence-electron chi connectivity index (χ0n) is 9.49. The number of hydrogen-bond acceptors (Lipinski definition) is 3. The molecule has 2 aliphatic rings. The van der Waals surface area contributed by atoms with E-state index in [-0.39, 0.29) is 0 Å². The van der Waals surface area contributed by atoms with Crippen LogP contribution in [0.1, 0.15) is 20.8 Å². The Morgan fingerprint density at radius 1 is 1.29 bits per heavy atom. The molecule has 2 rings (SSSR count). The minimum atomic E-state index is 0.589. The molecular formula is C11H22N2O. The lowest BCUT2D eigenvalue weighted by Gasteiger charge is -2.39. The van der Waals surface area contributed by atoms with Crippen LogP contribution in [-0.4, -0.2) is 49.3 Å². The lowest BCUT2D eigenvalue weighted by Crippen LogP contribution is -2.52. The average Bonchev–Trinajstić information content (AvgIpc) is 2.32. The van der Waals surface area contributed by atoms with Crippen LogP contribution in [0.4, 0.5) is 0 Å². The molecule has 2 aliphatic heterocycles. The number of nitrogens with zero attached hydrogens (tertiary/aromatic N) is 1. The Bertz CT molecular complexity index is 198. The summed E-state index contributed by atoms with van der Waals surface area (Å²) in [6, 6.07) is 1.88. The van der Waals surface area contributed by atoms with Gasteiger partial charge in [0.2, 0.25) is 0 Å². The minimum Gasteiger partial charge on any atom is -0.378 e. The highest BCUT2D eigenvalue weighted by Crippen LogP contribution is 2.22. The summed E-state index contributed by atoms with van der Waals surface area (Å²) in [5.74, 6) is 0.720. The molecule has 0 aromatic rings. The molecule has 2 saturated heterocycles. The topological polar surface area (TPSA) is 24.5 Å². The number of morpholine rings is 1. The molecular weight excluding hydrogens is 176 g/mol.